The van der Waals surface area contributed by atoms with Gasteiger partial charge in [-0.1, -0.05) is 33.6 Å². The Morgan fingerprint density at radius 1 is 1.29 bits per heavy atom. The summed E-state index contributed by atoms with van der Waals surface area (Å²) in [5, 5.41) is 4.05. The molecule has 0 saturated heterocycles. The summed E-state index contributed by atoms with van der Waals surface area (Å²) in [6, 6.07) is 8.30. The highest BCUT2D eigenvalue weighted by molar-refractivity contribution is 9.10. The van der Waals surface area contributed by atoms with Crippen LogP contribution in [0.3, 0.4) is 0 Å². The van der Waals surface area contributed by atoms with Crippen LogP contribution >= 0.6 is 38.9 Å². The van der Waals surface area contributed by atoms with Crippen LogP contribution in [0.25, 0.3) is 21.5 Å². The van der Waals surface area contributed by atoms with Gasteiger partial charge in [-0.05, 0) is 54.9 Å². The van der Waals surface area contributed by atoms with Gasteiger partial charge >= 0.3 is 0 Å². The van der Waals surface area contributed by atoms with E-state index in [2.05, 4.69) is 44.5 Å². The molecular weight excluding hydrogens is 368 g/mol. The Bertz CT molecular complexity index is 749. The number of aromatic nitrogens is 1. The topological polar surface area (TPSA) is 41.8 Å². The summed E-state index contributed by atoms with van der Waals surface area (Å²) in [4.78, 5) is 4.77. The molecule has 0 fully saturated rings. The maximum Gasteiger partial charge on any atom is 0.0658 e. The third kappa shape index (κ3) is 3.04. The Balaban J connectivity index is 2.16. The van der Waals surface area contributed by atoms with Crippen molar-refractivity contribution in [3.05, 3.63) is 44.7 Å². The second-order valence-corrected chi connectivity index (χ2v) is 7.28. The minimum absolute atomic E-state index is 0.737. The molecule has 0 amide bonds. The van der Waals surface area contributed by atoms with Gasteiger partial charge in [0.2, 0.25) is 0 Å². The van der Waals surface area contributed by atoms with E-state index < -0.39 is 0 Å². The van der Waals surface area contributed by atoms with E-state index in [1.54, 1.807) is 11.3 Å². The van der Waals surface area contributed by atoms with Crippen LogP contribution in [0.4, 0.5) is 0 Å². The fourth-order valence-electron chi connectivity index (χ4n) is 2.61. The molecule has 3 rings (SSSR count). The first kappa shape index (κ1) is 15.1. The number of hydrogen-bond donors (Lipinski definition) is 2. The molecule has 2 aromatic heterocycles. The fraction of sp³-hybridized carbons (Fsp3) is 0.250. The van der Waals surface area contributed by atoms with Crippen LogP contribution in [0.5, 0.6) is 0 Å². The zero-order chi connectivity index (χ0) is 14.8. The van der Waals surface area contributed by atoms with Crippen LogP contribution in [-0.4, -0.2) is 11.5 Å². The predicted octanol–water partition coefficient (Wildman–Crippen LogP) is 5.59. The number of unbranched alkanes of at least 4 members (excludes halogenated alkanes) is 1. The largest absolute Gasteiger partial charge is 0.352 e. The highest BCUT2D eigenvalue weighted by Crippen LogP contribution is 2.38. The van der Waals surface area contributed by atoms with Crippen LogP contribution in [0.2, 0.25) is 5.02 Å². The van der Waals surface area contributed by atoms with E-state index in [0.717, 1.165) is 40.8 Å². The lowest BCUT2D eigenvalue weighted by Gasteiger charge is -2.03. The van der Waals surface area contributed by atoms with Crippen molar-refractivity contribution in [2.75, 3.05) is 6.54 Å². The standard InChI is InChI=1S/C16H16BrClN2S/c17-10-8-12-11(4-1-2-6-19)16(14-5-3-7-21-14)20-15(12)13(18)9-10/h3,5,7-9,20H,1-2,4,6,19H2. The van der Waals surface area contributed by atoms with Crippen LogP contribution in [0.1, 0.15) is 18.4 Å². The normalized spacial score (nSPS) is 11.4. The Kier molecular flexibility index (Phi) is 4.69. The van der Waals surface area contributed by atoms with Gasteiger partial charge in [0.1, 0.15) is 0 Å². The van der Waals surface area contributed by atoms with Gasteiger partial charge in [0.05, 0.1) is 21.1 Å². The molecule has 2 heterocycles. The van der Waals surface area contributed by atoms with E-state index in [1.807, 2.05) is 6.07 Å². The van der Waals surface area contributed by atoms with Crippen molar-refractivity contribution in [3.63, 3.8) is 0 Å². The van der Waals surface area contributed by atoms with Gasteiger partial charge in [0.25, 0.3) is 0 Å². The zero-order valence-corrected chi connectivity index (χ0v) is 14.6. The summed E-state index contributed by atoms with van der Waals surface area (Å²) in [7, 11) is 0. The molecule has 0 aliphatic heterocycles. The van der Waals surface area contributed by atoms with Gasteiger partial charge in [-0.3, -0.25) is 0 Å². The van der Waals surface area contributed by atoms with Crippen molar-refractivity contribution in [2.24, 2.45) is 5.73 Å². The number of nitrogens with two attached hydrogens (primary N) is 1. The summed E-state index contributed by atoms with van der Waals surface area (Å²) in [6.45, 7) is 0.737. The van der Waals surface area contributed by atoms with Crippen molar-refractivity contribution in [1.82, 2.24) is 4.98 Å². The molecule has 110 valence electrons. The summed E-state index contributed by atoms with van der Waals surface area (Å²) in [6.07, 6.45) is 3.14. The summed E-state index contributed by atoms with van der Waals surface area (Å²) < 4.78 is 1.01. The lowest BCUT2D eigenvalue weighted by atomic mass is 10.0. The first-order valence-corrected chi connectivity index (χ1v) is 8.99. The van der Waals surface area contributed by atoms with Crippen LogP contribution in [0, 0.1) is 0 Å². The van der Waals surface area contributed by atoms with Crippen molar-refractivity contribution in [2.45, 2.75) is 19.3 Å². The van der Waals surface area contributed by atoms with Crippen LogP contribution in [0.15, 0.2) is 34.1 Å². The maximum atomic E-state index is 6.39. The van der Waals surface area contributed by atoms with Crippen molar-refractivity contribution in [3.8, 4) is 10.6 Å². The summed E-state index contributed by atoms with van der Waals surface area (Å²) in [5.41, 5.74) is 9.18. The van der Waals surface area contributed by atoms with E-state index in [-0.39, 0.29) is 0 Å². The van der Waals surface area contributed by atoms with E-state index in [0.29, 0.717) is 0 Å². The number of aryl methyl sites for hydroxylation is 1. The second kappa shape index (κ2) is 6.53. The SMILES string of the molecule is NCCCCc1c(-c2cccs2)[nH]c2c(Cl)cc(Br)cc12. The number of hydrogen-bond acceptors (Lipinski definition) is 2. The van der Waals surface area contributed by atoms with Gasteiger partial charge in [-0.2, -0.15) is 0 Å². The van der Waals surface area contributed by atoms with Gasteiger partial charge in [0.15, 0.2) is 0 Å². The lowest BCUT2D eigenvalue weighted by Crippen LogP contribution is -1.99. The molecule has 0 spiro atoms. The Labute approximate surface area is 141 Å². The molecule has 0 bridgehead atoms. The molecule has 1 aromatic carbocycles. The van der Waals surface area contributed by atoms with Gasteiger partial charge in [-0.25, -0.2) is 0 Å². The molecule has 0 aliphatic carbocycles. The molecule has 3 N–H and O–H groups in total. The van der Waals surface area contributed by atoms with Crippen LogP contribution in [-0.2, 0) is 6.42 Å². The quantitative estimate of drug-likeness (QED) is 0.554. The Hall–Kier alpha value is -0.810. The average molecular weight is 384 g/mol. The fourth-order valence-corrected chi connectivity index (χ4v) is 4.22. The number of thiophene rings is 1. The molecule has 0 aliphatic rings. The van der Waals surface area contributed by atoms with Crippen LogP contribution < -0.4 is 5.73 Å². The van der Waals surface area contributed by atoms with E-state index in [4.69, 9.17) is 17.3 Å². The molecule has 3 aromatic rings. The summed E-state index contributed by atoms with van der Waals surface area (Å²) >= 11 is 11.7. The number of nitrogens with one attached hydrogen (secondary N) is 1. The first-order valence-electron chi connectivity index (χ1n) is 6.94. The Morgan fingerprint density at radius 3 is 2.86 bits per heavy atom. The molecule has 5 heteroatoms. The third-order valence-corrected chi connectivity index (χ3v) is 5.22. The number of aromatic amines is 1. The number of rotatable bonds is 5. The van der Waals surface area contributed by atoms with Gasteiger partial charge < -0.3 is 10.7 Å². The monoisotopic (exact) mass is 382 g/mol. The summed E-state index contributed by atoms with van der Waals surface area (Å²) in [5.74, 6) is 0. The first-order chi connectivity index (χ1) is 10.2. The van der Waals surface area contributed by atoms with E-state index in [1.165, 1.54) is 21.5 Å². The molecule has 0 unspecified atom stereocenters. The second-order valence-electron chi connectivity index (χ2n) is 5.01. The van der Waals surface area contributed by atoms with Crippen molar-refractivity contribution >= 4 is 49.8 Å². The lowest BCUT2D eigenvalue weighted by molar-refractivity contribution is 0.748. The van der Waals surface area contributed by atoms with Crippen molar-refractivity contribution in [1.29, 1.82) is 0 Å². The highest BCUT2D eigenvalue weighted by atomic mass is 79.9. The smallest absolute Gasteiger partial charge is 0.0658 e. The third-order valence-electron chi connectivity index (χ3n) is 3.58. The van der Waals surface area contributed by atoms with Crippen molar-refractivity contribution < 1.29 is 0 Å². The number of halogens is 2. The maximum absolute atomic E-state index is 6.39. The van der Waals surface area contributed by atoms with Gasteiger partial charge in [0, 0.05) is 9.86 Å². The van der Waals surface area contributed by atoms with E-state index in [9.17, 15) is 0 Å². The number of benzene rings is 1. The predicted molar refractivity (Wildman–Crippen MR) is 96.3 cm³/mol. The average Bonchev–Trinajstić information content (AvgIpc) is 3.07. The number of H-pyrrole nitrogens is 1. The minimum Gasteiger partial charge on any atom is -0.352 e. The van der Waals surface area contributed by atoms with E-state index >= 15 is 0 Å². The number of fused-ring (bicyclic) bond motifs is 1. The zero-order valence-electron chi connectivity index (χ0n) is 11.5. The van der Waals surface area contributed by atoms with Gasteiger partial charge in [-0.15, -0.1) is 11.3 Å². The molecule has 21 heavy (non-hydrogen) atoms. The Morgan fingerprint density at radius 2 is 2.14 bits per heavy atom. The molecule has 0 saturated carbocycles. The molecular formula is C16H16BrClN2S. The molecule has 2 nitrogen and oxygen atoms in total. The highest BCUT2D eigenvalue weighted by Gasteiger charge is 2.16. The minimum atomic E-state index is 0.737. The molecule has 0 atom stereocenters. The molecule has 0 radical (unpaired) electrons.